The molecule has 1 saturated carbocycles. The highest BCUT2D eigenvalue weighted by Gasteiger charge is 2.34. The summed E-state index contributed by atoms with van der Waals surface area (Å²) in [4.78, 5) is 41.0. The summed E-state index contributed by atoms with van der Waals surface area (Å²) in [5.74, 6) is -1.60. The molecule has 3 unspecified atom stereocenters. The van der Waals surface area contributed by atoms with E-state index in [1.807, 2.05) is 31.2 Å². The van der Waals surface area contributed by atoms with Gasteiger partial charge in [-0.1, -0.05) is 49.2 Å². The number of nitrogens with one attached hydrogen (secondary N) is 1. The van der Waals surface area contributed by atoms with E-state index in [1.54, 1.807) is 23.9 Å². The van der Waals surface area contributed by atoms with Crippen LogP contribution in [-0.4, -0.2) is 48.3 Å². The number of hydrogen-bond acceptors (Lipinski definition) is 3. The Morgan fingerprint density at radius 1 is 1.03 bits per heavy atom. The second-order valence-electron chi connectivity index (χ2n) is 9.33. The normalized spacial score (nSPS) is 18.4. The molecule has 0 saturated heterocycles. The van der Waals surface area contributed by atoms with Crippen molar-refractivity contribution in [2.45, 2.75) is 51.1 Å². The molecule has 1 aliphatic carbocycles. The number of hydrogen-bond donors (Lipinski definition) is 2. The van der Waals surface area contributed by atoms with Crippen LogP contribution in [0.4, 0.5) is 9.18 Å². The molecule has 35 heavy (non-hydrogen) atoms. The molecule has 3 rings (SSSR count). The van der Waals surface area contributed by atoms with Gasteiger partial charge < -0.3 is 20.9 Å². The Labute approximate surface area is 206 Å². The third kappa shape index (κ3) is 6.59. The van der Waals surface area contributed by atoms with Crippen LogP contribution >= 0.6 is 0 Å². The van der Waals surface area contributed by atoms with Crippen molar-refractivity contribution in [1.82, 2.24) is 15.1 Å². The second-order valence-corrected chi connectivity index (χ2v) is 9.33. The average Bonchev–Trinajstić information content (AvgIpc) is 2.86. The lowest BCUT2D eigenvalue weighted by molar-refractivity contribution is -0.131. The first-order valence-electron chi connectivity index (χ1n) is 12.1. The Kier molecular flexibility index (Phi) is 8.84. The van der Waals surface area contributed by atoms with Crippen LogP contribution in [0.25, 0.3) is 0 Å². The van der Waals surface area contributed by atoms with Crippen LogP contribution in [0.1, 0.15) is 61.3 Å². The molecule has 1 aliphatic rings. The van der Waals surface area contributed by atoms with Crippen LogP contribution in [0.3, 0.4) is 0 Å². The number of urea groups is 1. The van der Waals surface area contributed by atoms with Crippen LogP contribution in [0.5, 0.6) is 0 Å². The number of halogens is 1. The summed E-state index contributed by atoms with van der Waals surface area (Å²) in [6.07, 6.45) is 3.54. The van der Waals surface area contributed by atoms with Gasteiger partial charge in [-0.15, -0.1) is 0 Å². The topological polar surface area (TPSA) is 95.7 Å². The van der Waals surface area contributed by atoms with E-state index in [2.05, 4.69) is 5.32 Å². The molecule has 2 aromatic rings. The minimum absolute atomic E-state index is 0.0187. The molecule has 0 aromatic heterocycles. The lowest BCUT2D eigenvalue weighted by atomic mass is 9.74. The molecule has 0 aliphatic heterocycles. The smallest absolute Gasteiger partial charge is 0.319 e. The Morgan fingerprint density at radius 3 is 2.23 bits per heavy atom. The predicted molar refractivity (Wildman–Crippen MR) is 133 cm³/mol. The van der Waals surface area contributed by atoms with Crippen LogP contribution in [-0.2, 0) is 16.1 Å². The molecular weight excluding hydrogens is 447 g/mol. The summed E-state index contributed by atoms with van der Waals surface area (Å²) in [5, 5.41) is 2.81. The fraction of sp³-hybridized carbons (Fsp3) is 0.444. The molecular formula is C27H35FN4O3. The monoisotopic (exact) mass is 482 g/mol. The van der Waals surface area contributed by atoms with Gasteiger partial charge in [-0.3, -0.25) is 9.59 Å². The van der Waals surface area contributed by atoms with Crippen LogP contribution < -0.4 is 11.1 Å². The van der Waals surface area contributed by atoms with Gasteiger partial charge in [0, 0.05) is 33.1 Å². The Bertz CT molecular complexity index is 1020. The Hall–Kier alpha value is -3.42. The maximum atomic E-state index is 13.3. The molecule has 3 atom stereocenters. The SMILES string of the molecule is CCN(Cc1ccc(C2CCCCC2C(=O)NC(C(N)=O)c2ccc(F)cc2)cc1)C(=O)N(C)C. The number of benzene rings is 2. The number of carbonyl (C=O) groups is 3. The van der Waals surface area contributed by atoms with Crippen molar-refractivity contribution in [2.24, 2.45) is 11.7 Å². The van der Waals surface area contributed by atoms with Crippen molar-refractivity contribution >= 4 is 17.8 Å². The highest BCUT2D eigenvalue weighted by molar-refractivity contribution is 5.89. The van der Waals surface area contributed by atoms with Gasteiger partial charge in [-0.2, -0.15) is 0 Å². The first kappa shape index (κ1) is 26.2. The fourth-order valence-electron chi connectivity index (χ4n) is 4.76. The van der Waals surface area contributed by atoms with E-state index in [4.69, 9.17) is 5.73 Å². The summed E-state index contributed by atoms with van der Waals surface area (Å²) in [7, 11) is 3.47. The van der Waals surface area contributed by atoms with Crippen molar-refractivity contribution in [1.29, 1.82) is 0 Å². The summed E-state index contributed by atoms with van der Waals surface area (Å²) in [5.41, 5.74) is 8.10. The maximum Gasteiger partial charge on any atom is 0.319 e. The van der Waals surface area contributed by atoms with Crippen molar-refractivity contribution < 1.29 is 18.8 Å². The minimum atomic E-state index is -1.01. The lowest BCUT2D eigenvalue weighted by Gasteiger charge is -2.32. The van der Waals surface area contributed by atoms with Crippen molar-refractivity contribution in [2.75, 3.05) is 20.6 Å². The molecule has 0 radical (unpaired) electrons. The first-order valence-corrected chi connectivity index (χ1v) is 12.1. The summed E-state index contributed by atoms with van der Waals surface area (Å²) in [6, 6.07) is 12.4. The van der Waals surface area contributed by atoms with E-state index < -0.39 is 17.8 Å². The van der Waals surface area contributed by atoms with Gasteiger partial charge in [-0.05, 0) is 54.5 Å². The lowest BCUT2D eigenvalue weighted by Crippen LogP contribution is -2.42. The van der Waals surface area contributed by atoms with E-state index in [0.717, 1.165) is 30.4 Å². The van der Waals surface area contributed by atoms with E-state index in [0.29, 0.717) is 25.1 Å². The number of carbonyl (C=O) groups excluding carboxylic acids is 3. The third-order valence-electron chi connectivity index (χ3n) is 6.69. The number of nitrogens with zero attached hydrogens (tertiary/aromatic N) is 2. The summed E-state index contributed by atoms with van der Waals surface area (Å²) >= 11 is 0. The van der Waals surface area contributed by atoms with Gasteiger partial charge in [0.25, 0.3) is 0 Å². The maximum absolute atomic E-state index is 13.3. The largest absolute Gasteiger partial charge is 0.368 e. The van der Waals surface area contributed by atoms with Crippen molar-refractivity contribution in [3.8, 4) is 0 Å². The molecule has 0 spiro atoms. The number of amides is 4. The van der Waals surface area contributed by atoms with Crippen LogP contribution in [0.15, 0.2) is 48.5 Å². The van der Waals surface area contributed by atoms with Crippen LogP contribution in [0, 0.1) is 11.7 Å². The zero-order valence-corrected chi connectivity index (χ0v) is 20.7. The van der Waals surface area contributed by atoms with Crippen molar-refractivity contribution in [3.05, 3.63) is 71.0 Å². The summed E-state index contributed by atoms with van der Waals surface area (Å²) in [6.45, 7) is 3.07. The van der Waals surface area contributed by atoms with Gasteiger partial charge in [0.2, 0.25) is 11.8 Å². The van der Waals surface area contributed by atoms with Gasteiger partial charge >= 0.3 is 6.03 Å². The zero-order valence-electron chi connectivity index (χ0n) is 20.7. The first-order chi connectivity index (χ1) is 16.7. The van der Waals surface area contributed by atoms with Gasteiger partial charge in [-0.25, -0.2) is 9.18 Å². The molecule has 8 heteroatoms. The van der Waals surface area contributed by atoms with Gasteiger partial charge in [0.15, 0.2) is 0 Å². The summed E-state index contributed by atoms with van der Waals surface area (Å²) < 4.78 is 13.3. The fourth-order valence-corrected chi connectivity index (χ4v) is 4.76. The molecule has 188 valence electrons. The second kappa shape index (κ2) is 11.8. The highest BCUT2D eigenvalue weighted by atomic mass is 19.1. The van der Waals surface area contributed by atoms with E-state index >= 15 is 0 Å². The molecule has 7 nitrogen and oxygen atoms in total. The average molecular weight is 483 g/mol. The van der Waals surface area contributed by atoms with E-state index in [9.17, 15) is 18.8 Å². The molecule has 0 bridgehead atoms. The number of primary amides is 1. The van der Waals surface area contributed by atoms with Crippen LogP contribution in [0.2, 0.25) is 0 Å². The number of nitrogens with two attached hydrogens (primary N) is 1. The predicted octanol–water partition coefficient (Wildman–Crippen LogP) is 3.95. The molecule has 0 heterocycles. The zero-order chi connectivity index (χ0) is 25.5. The third-order valence-corrected chi connectivity index (χ3v) is 6.69. The Balaban J connectivity index is 1.74. The molecule has 1 fully saturated rings. The molecule has 4 amide bonds. The minimum Gasteiger partial charge on any atom is -0.368 e. The van der Waals surface area contributed by atoms with E-state index in [-0.39, 0.29) is 23.8 Å². The number of rotatable bonds is 8. The highest BCUT2D eigenvalue weighted by Crippen LogP contribution is 2.38. The van der Waals surface area contributed by atoms with Gasteiger partial charge in [0.1, 0.15) is 11.9 Å². The quantitative estimate of drug-likeness (QED) is 0.596. The molecule has 2 aromatic carbocycles. The molecule has 3 N–H and O–H groups in total. The van der Waals surface area contributed by atoms with Gasteiger partial charge in [0.05, 0.1) is 0 Å². The standard InChI is InChI=1S/C27H35FN4O3/c1-4-32(27(35)31(2)3)17-18-9-11-19(12-10-18)22-7-5-6-8-23(22)26(34)30-24(25(29)33)20-13-15-21(28)16-14-20/h9-16,22-24H,4-8,17H2,1-3H3,(H2,29,33)(H,30,34). The van der Waals surface area contributed by atoms with Crippen molar-refractivity contribution in [3.63, 3.8) is 0 Å². The van der Waals surface area contributed by atoms with E-state index in [1.165, 1.54) is 24.3 Å². The Morgan fingerprint density at radius 2 is 1.66 bits per heavy atom.